The Bertz CT molecular complexity index is 351. The van der Waals surface area contributed by atoms with Crippen LogP contribution in [0.2, 0.25) is 0 Å². The van der Waals surface area contributed by atoms with E-state index in [-0.39, 0.29) is 0 Å². The Morgan fingerprint density at radius 1 is 1.38 bits per heavy atom. The molecule has 0 spiro atoms. The first-order valence-electron chi connectivity index (χ1n) is 5.95. The average Bonchev–Trinajstić information content (AvgIpc) is 2.33. The summed E-state index contributed by atoms with van der Waals surface area (Å²) >= 11 is 0. The number of benzene rings is 1. The van der Waals surface area contributed by atoms with Crippen molar-refractivity contribution in [2.75, 3.05) is 31.6 Å². The first-order valence-corrected chi connectivity index (χ1v) is 5.95. The summed E-state index contributed by atoms with van der Waals surface area (Å²) in [6, 6.07) is 9.19. The Kier molecular flexibility index (Phi) is 3.46. The number of hydrogen-bond donors (Lipinski definition) is 1. The molecule has 3 heteroatoms. The van der Waals surface area contributed by atoms with Crippen molar-refractivity contribution < 1.29 is 0 Å². The van der Waals surface area contributed by atoms with Gasteiger partial charge in [-0.3, -0.25) is 0 Å². The summed E-state index contributed by atoms with van der Waals surface area (Å²) in [5.41, 5.74) is 8.19. The van der Waals surface area contributed by atoms with Gasteiger partial charge in [-0.1, -0.05) is 12.1 Å². The maximum atomic E-state index is 5.67. The van der Waals surface area contributed by atoms with Gasteiger partial charge in [-0.05, 0) is 31.7 Å². The third-order valence-corrected chi connectivity index (χ3v) is 3.47. The number of nitrogens with two attached hydrogens (primary N) is 1. The molecule has 0 saturated carbocycles. The van der Waals surface area contributed by atoms with Gasteiger partial charge in [-0.25, -0.2) is 0 Å². The Morgan fingerprint density at radius 2 is 2.19 bits per heavy atom. The minimum atomic E-state index is 0.621. The molecule has 16 heavy (non-hydrogen) atoms. The van der Waals surface area contributed by atoms with Crippen LogP contribution >= 0.6 is 0 Å². The number of hydrogen-bond acceptors (Lipinski definition) is 3. The standard InChI is InChI=1S/C13H21N3/c1-11-10-16(7-6-15(11)2)13-5-3-4-12(8-13)9-14/h3-5,8,11H,6-7,9-10,14H2,1-2H3. The summed E-state index contributed by atoms with van der Waals surface area (Å²) in [5.74, 6) is 0. The van der Waals surface area contributed by atoms with Crippen molar-refractivity contribution in [3.05, 3.63) is 29.8 Å². The summed E-state index contributed by atoms with van der Waals surface area (Å²) in [7, 11) is 2.19. The molecule has 1 aromatic rings. The van der Waals surface area contributed by atoms with E-state index in [1.165, 1.54) is 11.3 Å². The first-order chi connectivity index (χ1) is 7.70. The molecular formula is C13H21N3. The molecule has 1 saturated heterocycles. The van der Waals surface area contributed by atoms with Crippen LogP contribution in [-0.2, 0) is 6.54 Å². The van der Waals surface area contributed by atoms with E-state index < -0.39 is 0 Å². The quantitative estimate of drug-likeness (QED) is 0.813. The van der Waals surface area contributed by atoms with E-state index in [4.69, 9.17) is 5.73 Å². The summed E-state index contributed by atoms with van der Waals surface area (Å²) in [5, 5.41) is 0. The lowest BCUT2D eigenvalue weighted by Gasteiger charge is -2.39. The zero-order valence-corrected chi connectivity index (χ0v) is 10.2. The van der Waals surface area contributed by atoms with E-state index in [0.717, 1.165) is 19.6 Å². The van der Waals surface area contributed by atoms with Crippen LogP contribution < -0.4 is 10.6 Å². The van der Waals surface area contributed by atoms with Crippen molar-refractivity contribution in [1.29, 1.82) is 0 Å². The van der Waals surface area contributed by atoms with Gasteiger partial charge in [-0.2, -0.15) is 0 Å². The van der Waals surface area contributed by atoms with Gasteiger partial charge in [0.2, 0.25) is 0 Å². The number of anilines is 1. The summed E-state index contributed by atoms with van der Waals surface area (Å²) in [6.07, 6.45) is 0. The van der Waals surface area contributed by atoms with Gasteiger partial charge in [0.1, 0.15) is 0 Å². The predicted octanol–water partition coefficient (Wildman–Crippen LogP) is 1.29. The highest BCUT2D eigenvalue weighted by molar-refractivity contribution is 5.49. The Balaban J connectivity index is 2.12. The Hall–Kier alpha value is -1.06. The van der Waals surface area contributed by atoms with Crippen molar-refractivity contribution in [2.45, 2.75) is 19.5 Å². The number of nitrogens with zero attached hydrogens (tertiary/aromatic N) is 2. The SMILES string of the molecule is CC1CN(c2cccc(CN)c2)CCN1C. The van der Waals surface area contributed by atoms with Crippen LogP contribution in [0, 0.1) is 0 Å². The number of rotatable bonds is 2. The first kappa shape index (κ1) is 11.4. The highest BCUT2D eigenvalue weighted by Crippen LogP contribution is 2.19. The van der Waals surface area contributed by atoms with E-state index in [2.05, 4.69) is 48.0 Å². The number of piperazine rings is 1. The zero-order chi connectivity index (χ0) is 11.5. The van der Waals surface area contributed by atoms with Gasteiger partial charge < -0.3 is 15.5 Å². The Labute approximate surface area is 97.8 Å². The van der Waals surface area contributed by atoms with Crippen molar-refractivity contribution in [3.63, 3.8) is 0 Å². The highest BCUT2D eigenvalue weighted by Gasteiger charge is 2.20. The van der Waals surface area contributed by atoms with Crippen LogP contribution in [0.5, 0.6) is 0 Å². The summed E-state index contributed by atoms with van der Waals surface area (Å²) in [6.45, 7) is 6.24. The molecule has 1 unspecified atom stereocenters. The van der Waals surface area contributed by atoms with Crippen LogP contribution in [0.3, 0.4) is 0 Å². The largest absolute Gasteiger partial charge is 0.369 e. The third kappa shape index (κ3) is 2.36. The van der Waals surface area contributed by atoms with E-state index in [9.17, 15) is 0 Å². The van der Waals surface area contributed by atoms with Gasteiger partial charge in [0.15, 0.2) is 0 Å². The predicted molar refractivity (Wildman–Crippen MR) is 68.6 cm³/mol. The molecule has 1 atom stereocenters. The maximum absolute atomic E-state index is 5.67. The minimum absolute atomic E-state index is 0.621. The highest BCUT2D eigenvalue weighted by atomic mass is 15.3. The van der Waals surface area contributed by atoms with Crippen LogP contribution in [0.4, 0.5) is 5.69 Å². The van der Waals surface area contributed by atoms with Crippen molar-refractivity contribution in [2.24, 2.45) is 5.73 Å². The zero-order valence-electron chi connectivity index (χ0n) is 10.2. The third-order valence-electron chi connectivity index (χ3n) is 3.47. The molecule has 0 amide bonds. The lowest BCUT2D eigenvalue weighted by molar-refractivity contribution is 0.234. The Morgan fingerprint density at radius 3 is 2.88 bits per heavy atom. The lowest BCUT2D eigenvalue weighted by Crippen LogP contribution is -2.50. The maximum Gasteiger partial charge on any atom is 0.0370 e. The van der Waals surface area contributed by atoms with E-state index in [0.29, 0.717) is 12.6 Å². The molecule has 1 fully saturated rings. The lowest BCUT2D eigenvalue weighted by atomic mass is 10.1. The fraction of sp³-hybridized carbons (Fsp3) is 0.538. The van der Waals surface area contributed by atoms with Gasteiger partial charge >= 0.3 is 0 Å². The molecule has 1 aromatic carbocycles. The van der Waals surface area contributed by atoms with Gasteiger partial charge in [0.25, 0.3) is 0 Å². The van der Waals surface area contributed by atoms with Crippen molar-refractivity contribution >= 4 is 5.69 Å². The average molecular weight is 219 g/mol. The fourth-order valence-electron chi connectivity index (χ4n) is 2.16. The molecule has 1 aliphatic rings. The van der Waals surface area contributed by atoms with Crippen LogP contribution in [0.15, 0.2) is 24.3 Å². The van der Waals surface area contributed by atoms with Crippen LogP contribution in [-0.4, -0.2) is 37.6 Å². The summed E-state index contributed by atoms with van der Waals surface area (Å²) in [4.78, 5) is 4.85. The van der Waals surface area contributed by atoms with E-state index in [1.807, 2.05) is 0 Å². The molecule has 3 nitrogen and oxygen atoms in total. The normalized spacial score (nSPS) is 22.4. The second-order valence-electron chi connectivity index (χ2n) is 4.65. The molecule has 0 radical (unpaired) electrons. The van der Waals surface area contributed by atoms with Gasteiger partial charge in [0, 0.05) is 37.9 Å². The second kappa shape index (κ2) is 4.85. The smallest absolute Gasteiger partial charge is 0.0370 e. The minimum Gasteiger partial charge on any atom is -0.369 e. The van der Waals surface area contributed by atoms with Gasteiger partial charge in [0.05, 0.1) is 0 Å². The molecule has 2 N–H and O–H groups in total. The van der Waals surface area contributed by atoms with E-state index in [1.54, 1.807) is 0 Å². The van der Waals surface area contributed by atoms with Crippen LogP contribution in [0.25, 0.3) is 0 Å². The summed E-state index contributed by atoms with van der Waals surface area (Å²) < 4.78 is 0. The topological polar surface area (TPSA) is 32.5 Å². The molecular weight excluding hydrogens is 198 g/mol. The molecule has 88 valence electrons. The van der Waals surface area contributed by atoms with Gasteiger partial charge in [-0.15, -0.1) is 0 Å². The monoisotopic (exact) mass is 219 g/mol. The molecule has 1 aliphatic heterocycles. The molecule has 1 heterocycles. The fourth-order valence-corrected chi connectivity index (χ4v) is 2.16. The number of likely N-dealkylation sites (N-methyl/N-ethyl adjacent to an activating group) is 1. The van der Waals surface area contributed by atoms with Crippen molar-refractivity contribution in [3.8, 4) is 0 Å². The second-order valence-corrected chi connectivity index (χ2v) is 4.65. The van der Waals surface area contributed by atoms with Crippen molar-refractivity contribution in [1.82, 2.24) is 4.90 Å². The molecule has 0 aliphatic carbocycles. The molecule has 2 rings (SSSR count). The molecule has 0 bridgehead atoms. The molecule has 0 aromatic heterocycles. The van der Waals surface area contributed by atoms with Crippen LogP contribution in [0.1, 0.15) is 12.5 Å². The van der Waals surface area contributed by atoms with E-state index >= 15 is 0 Å².